The van der Waals surface area contributed by atoms with Crippen LogP contribution in [0.2, 0.25) is 0 Å². The number of rotatable bonds is 7. The van der Waals surface area contributed by atoms with Crippen LogP contribution in [0.5, 0.6) is 11.5 Å². The molecule has 0 atom stereocenters. The van der Waals surface area contributed by atoms with Crippen LogP contribution in [-0.2, 0) is 9.59 Å². The molecular formula is C26H21ClN2O5. The molecule has 172 valence electrons. The topological polar surface area (TPSA) is 84.9 Å². The molecule has 7 nitrogen and oxygen atoms in total. The fourth-order valence-corrected chi connectivity index (χ4v) is 3.52. The first-order valence-electron chi connectivity index (χ1n) is 10.5. The molecule has 1 aliphatic heterocycles. The molecule has 1 aliphatic rings. The van der Waals surface area contributed by atoms with E-state index < -0.39 is 17.8 Å². The molecule has 0 spiro atoms. The molecule has 3 aromatic carbocycles. The smallest absolute Gasteiger partial charge is 0.343 e. The summed E-state index contributed by atoms with van der Waals surface area (Å²) in [5.74, 6) is -0.650. The Labute approximate surface area is 201 Å². The fraction of sp³-hybridized carbons (Fsp3) is 0.115. The second-order valence-electron chi connectivity index (χ2n) is 7.47. The molecule has 0 unspecified atom stereocenters. The predicted octanol–water partition coefficient (Wildman–Crippen LogP) is 5.05. The van der Waals surface area contributed by atoms with Crippen molar-refractivity contribution < 1.29 is 23.9 Å². The van der Waals surface area contributed by atoms with Crippen LogP contribution in [-0.4, -0.2) is 24.4 Å². The Kier molecular flexibility index (Phi) is 6.65. The van der Waals surface area contributed by atoms with Crippen molar-refractivity contribution in [3.05, 3.63) is 94.7 Å². The van der Waals surface area contributed by atoms with E-state index in [1.54, 1.807) is 60.7 Å². The highest BCUT2D eigenvalue weighted by atomic mass is 35.5. The zero-order valence-electron chi connectivity index (χ0n) is 18.5. The quantitative estimate of drug-likeness (QED) is 0.292. The molecule has 0 saturated heterocycles. The first-order chi connectivity index (χ1) is 16.4. The number of ether oxygens (including phenoxy) is 2. The lowest BCUT2D eigenvalue weighted by molar-refractivity contribution is -0.120. The van der Waals surface area contributed by atoms with Crippen molar-refractivity contribution in [3.8, 4) is 11.5 Å². The predicted molar refractivity (Wildman–Crippen MR) is 129 cm³/mol. The molecule has 8 heteroatoms. The second kappa shape index (κ2) is 9.80. The highest BCUT2D eigenvalue weighted by molar-refractivity contribution is 6.53. The largest absolute Gasteiger partial charge is 0.494 e. The molecule has 3 aromatic rings. The van der Waals surface area contributed by atoms with Crippen LogP contribution in [0, 0.1) is 6.92 Å². The Hall–Kier alpha value is -4.10. The number of carbonyl (C=O) groups is 3. The van der Waals surface area contributed by atoms with Gasteiger partial charge in [-0.25, -0.2) is 9.69 Å². The first kappa shape index (κ1) is 23.1. The summed E-state index contributed by atoms with van der Waals surface area (Å²) in [5, 5.41) is 2.66. The summed E-state index contributed by atoms with van der Waals surface area (Å²) < 4.78 is 10.8. The molecule has 34 heavy (non-hydrogen) atoms. The van der Waals surface area contributed by atoms with Gasteiger partial charge in [0, 0.05) is 5.69 Å². The van der Waals surface area contributed by atoms with Crippen molar-refractivity contribution in [2.45, 2.75) is 13.8 Å². The normalized spacial score (nSPS) is 13.3. The van der Waals surface area contributed by atoms with Crippen molar-refractivity contribution in [3.63, 3.8) is 0 Å². The highest BCUT2D eigenvalue weighted by Crippen LogP contribution is 2.31. The molecule has 0 fully saturated rings. The maximum Gasteiger partial charge on any atom is 0.343 e. The Morgan fingerprint density at radius 1 is 0.882 bits per heavy atom. The van der Waals surface area contributed by atoms with E-state index in [2.05, 4.69) is 5.32 Å². The van der Waals surface area contributed by atoms with E-state index in [-0.39, 0.29) is 10.7 Å². The number of carbonyl (C=O) groups excluding carboxylic acids is 3. The molecule has 1 heterocycles. The molecule has 4 rings (SSSR count). The monoisotopic (exact) mass is 476 g/mol. The van der Waals surface area contributed by atoms with Crippen molar-refractivity contribution in [1.82, 2.24) is 0 Å². The lowest BCUT2D eigenvalue weighted by Crippen LogP contribution is -2.32. The molecule has 0 aliphatic carbocycles. The summed E-state index contributed by atoms with van der Waals surface area (Å²) in [5.41, 5.74) is 2.20. The molecular weight excluding hydrogens is 456 g/mol. The minimum absolute atomic E-state index is 0.0458. The number of benzene rings is 3. The van der Waals surface area contributed by atoms with E-state index in [0.717, 1.165) is 10.5 Å². The number of amides is 2. The van der Waals surface area contributed by atoms with Gasteiger partial charge in [0.1, 0.15) is 22.2 Å². The van der Waals surface area contributed by atoms with Gasteiger partial charge in [-0.05, 0) is 74.5 Å². The summed E-state index contributed by atoms with van der Waals surface area (Å²) in [4.78, 5) is 39.0. The summed E-state index contributed by atoms with van der Waals surface area (Å²) in [6.45, 7) is 4.31. The molecule has 2 amide bonds. The van der Waals surface area contributed by atoms with E-state index in [4.69, 9.17) is 21.1 Å². The van der Waals surface area contributed by atoms with Gasteiger partial charge in [-0.1, -0.05) is 29.3 Å². The van der Waals surface area contributed by atoms with Crippen LogP contribution in [0.25, 0.3) is 0 Å². The minimum Gasteiger partial charge on any atom is -0.494 e. The zero-order chi connectivity index (χ0) is 24.2. The molecule has 0 saturated carbocycles. The van der Waals surface area contributed by atoms with E-state index in [1.165, 1.54) is 0 Å². The summed E-state index contributed by atoms with van der Waals surface area (Å²) in [6, 6.07) is 20.0. The fourth-order valence-electron chi connectivity index (χ4n) is 3.31. The van der Waals surface area contributed by atoms with Crippen molar-refractivity contribution in [2.24, 2.45) is 0 Å². The van der Waals surface area contributed by atoms with Crippen LogP contribution in [0.15, 0.2) is 83.5 Å². The van der Waals surface area contributed by atoms with Gasteiger partial charge in [-0.2, -0.15) is 0 Å². The number of nitrogens with one attached hydrogen (secondary N) is 1. The Balaban J connectivity index is 1.45. The molecule has 1 N–H and O–H groups in total. The van der Waals surface area contributed by atoms with Gasteiger partial charge in [-0.15, -0.1) is 0 Å². The summed E-state index contributed by atoms with van der Waals surface area (Å²) >= 11 is 6.19. The van der Waals surface area contributed by atoms with E-state index in [0.29, 0.717) is 35.0 Å². The molecule has 0 radical (unpaired) electrons. The zero-order valence-corrected chi connectivity index (χ0v) is 19.3. The van der Waals surface area contributed by atoms with Gasteiger partial charge < -0.3 is 14.8 Å². The molecule has 0 bridgehead atoms. The van der Waals surface area contributed by atoms with Gasteiger partial charge in [0.2, 0.25) is 0 Å². The van der Waals surface area contributed by atoms with Crippen molar-refractivity contribution in [2.75, 3.05) is 16.8 Å². The number of nitrogens with zero attached hydrogens (tertiary/aromatic N) is 1. The summed E-state index contributed by atoms with van der Waals surface area (Å²) in [7, 11) is 0. The average molecular weight is 477 g/mol. The Bertz CT molecular complexity index is 1270. The van der Waals surface area contributed by atoms with Crippen LogP contribution in [0.4, 0.5) is 11.4 Å². The molecule has 0 aromatic heterocycles. The number of imide groups is 1. The SMILES string of the molecule is CCOc1ccc(N2C(=O)C(Cl)=C(Nc3ccc(C(=O)Oc4ccc(C)cc4)cc3)C2=O)cc1. The third-order valence-electron chi connectivity index (χ3n) is 5.05. The standard InChI is InChI=1S/C26H21ClN2O5/c1-3-33-20-14-10-19(11-15-20)29-24(30)22(27)23(25(29)31)28-18-8-6-17(7-9-18)26(32)34-21-12-4-16(2)5-13-21/h4-15,28H,3H2,1-2H3. The second-order valence-corrected chi connectivity index (χ2v) is 7.84. The number of hydrogen-bond acceptors (Lipinski definition) is 6. The Morgan fingerprint density at radius 2 is 1.50 bits per heavy atom. The summed E-state index contributed by atoms with van der Waals surface area (Å²) in [6.07, 6.45) is 0. The average Bonchev–Trinajstić information content (AvgIpc) is 3.05. The highest BCUT2D eigenvalue weighted by Gasteiger charge is 2.39. The van der Waals surface area contributed by atoms with Gasteiger partial charge in [0.05, 0.1) is 17.9 Å². The maximum atomic E-state index is 12.9. The minimum atomic E-state index is -0.628. The number of esters is 1. The van der Waals surface area contributed by atoms with E-state index in [9.17, 15) is 14.4 Å². The lowest BCUT2D eigenvalue weighted by Gasteiger charge is -2.15. The first-order valence-corrected chi connectivity index (χ1v) is 10.9. The van der Waals surface area contributed by atoms with Crippen LogP contribution < -0.4 is 19.7 Å². The van der Waals surface area contributed by atoms with Crippen LogP contribution >= 0.6 is 11.6 Å². The van der Waals surface area contributed by atoms with E-state index in [1.807, 2.05) is 26.0 Å². The van der Waals surface area contributed by atoms with Crippen LogP contribution in [0.3, 0.4) is 0 Å². The Morgan fingerprint density at radius 3 is 2.12 bits per heavy atom. The van der Waals surface area contributed by atoms with Crippen molar-refractivity contribution in [1.29, 1.82) is 0 Å². The lowest BCUT2D eigenvalue weighted by atomic mass is 10.2. The third kappa shape index (κ3) is 4.79. The van der Waals surface area contributed by atoms with Gasteiger partial charge in [-0.3, -0.25) is 9.59 Å². The van der Waals surface area contributed by atoms with Gasteiger partial charge >= 0.3 is 5.97 Å². The van der Waals surface area contributed by atoms with Crippen molar-refractivity contribution >= 4 is 40.8 Å². The van der Waals surface area contributed by atoms with E-state index >= 15 is 0 Å². The van der Waals surface area contributed by atoms with Crippen LogP contribution in [0.1, 0.15) is 22.8 Å². The number of hydrogen-bond donors (Lipinski definition) is 1. The number of anilines is 2. The number of halogens is 1. The number of aryl methyl sites for hydroxylation is 1. The third-order valence-corrected chi connectivity index (χ3v) is 5.41. The maximum absolute atomic E-state index is 12.9. The van der Waals surface area contributed by atoms with Gasteiger partial charge in [0.25, 0.3) is 11.8 Å². The van der Waals surface area contributed by atoms with Gasteiger partial charge in [0.15, 0.2) is 0 Å².